The molecule has 2 amide bonds. The summed E-state index contributed by atoms with van der Waals surface area (Å²) >= 11 is 0. The summed E-state index contributed by atoms with van der Waals surface area (Å²) in [5, 5.41) is 0. The van der Waals surface area contributed by atoms with Crippen molar-refractivity contribution in [1.82, 2.24) is 14.9 Å². The molecule has 168 valence electrons. The van der Waals surface area contributed by atoms with Gasteiger partial charge in [-0.1, -0.05) is 0 Å². The molecule has 5 unspecified atom stereocenters. The second-order valence-electron chi connectivity index (χ2n) is 9.69. The van der Waals surface area contributed by atoms with E-state index in [1.54, 1.807) is 0 Å². The van der Waals surface area contributed by atoms with Gasteiger partial charge < -0.3 is 15.4 Å². The van der Waals surface area contributed by atoms with Crippen LogP contribution < -0.4 is 5.73 Å². The SMILES string of the molecule is NC(=O)C12CC3CC(C1)C(OC(=O)N1CCC(c4nccc(C(F)(F)F)n4)C1)[C@@H](C3)C2. The summed E-state index contributed by atoms with van der Waals surface area (Å²) in [6.07, 6.45) is 0.490. The van der Waals surface area contributed by atoms with Crippen molar-refractivity contribution in [3.05, 3.63) is 23.8 Å². The third-order valence-corrected chi connectivity index (χ3v) is 7.72. The summed E-state index contributed by atoms with van der Waals surface area (Å²) in [6.45, 7) is 0.620. The molecule has 6 rings (SSSR count). The molecule has 2 N–H and O–H groups in total. The first-order valence-electron chi connectivity index (χ1n) is 10.8. The van der Waals surface area contributed by atoms with Crippen LogP contribution in [0.15, 0.2) is 12.3 Å². The van der Waals surface area contributed by atoms with Crippen molar-refractivity contribution in [3.8, 4) is 0 Å². The highest BCUT2D eigenvalue weighted by Crippen LogP contribution is 2.60. The predicted octanol–water partition coefficient (Wildman–Crippen LogP) is 3.10. The van der Waals surface area contributed by atoms with Crippen LogP contribution in [0.4, 0.5) is 18.0 Å². The number of carbonyl (C=O) groups is 2. The number of carbonyl (C=O) groups excluding carboxylic acids is 2. The first kappa shape index (κ1) is 20.5. The highest BCUT2D eigenvalue weighted by atomic mass is 19.4. The van der Waals surface area contributed by atoms with Crippen molar-refractivity contribution in [3.63, 3.8) is 0 Å². The number of ether oxygens (including phenoxy) is 1. The summed E-state index contributed by atoms with van der Waals surface area (Å²) in [4.78, 5) is 34.1. The smallest absolute Gasteiger partial charge is 0.433 e. The lowest BCUT2D eigenvalue weighted by molar-refractivity contribution is -0.161. The largest absolute Gasteiger partial charge is 0.446 e. The van der Waals surface area contributed by atoms with Crippen LogP contribution in [-0.2, 0) is 15.7 Å². The van der Waals surface area contributed by atoms with Crippen LogP contribution in [0, 0.1) is 23.2 Å². The van der Waals surface area contributed by atoms with Gasteiger partial charge in [0.1, 0.15) is 17.6 Å². The lowest BCUT2D eigenvalue weighted by Gasteiger charge is -2.58. The van der Waals surface area contributed by atoms with Gasteiger partial charge in [-0.15, -0.1) is 0 Å². The van der Waals surface area contributed by atoms with Crippen molar-refractivity contribution in [2.45, 2.75) is 56.7 Å². The number of primary amides is 1. The summed E-state index contributed by atoms with van der Waals surface area (Å²) in [6, 6.07) is 0.843. The molecule has 5 fully saturated rings. The normalized spacial score (nSPS) is 36.6. The van der Waals surface area contributed by atoms with Crippen molar-refractivity contribution in [1.29, 1.82) is 0 Å². The van der Waals surface area contributed by atoms with E-state index in [9.17, 15) is 22.8 Å². The van der Waals surface area contributed by atoms with E-state index in [2.05, 4.69) is 9.97 Å². The van der Waals surface area contributed by atoms with Crippen molar-refractivity contribution >= 4 is 12.0 Å². The summed E-state index contributed by atoms with van der Waals surface area (Å²) in [5.41, 5.74) is 4.29. The number of alkyl halides is 3. The lowest BCUT2D eigenvalue weighted by Crippen LogP contribution is -2.59. The van der Waals surface area contributed by atoms with E-state index in [0.29, 0.717) is 31.7 Å². The van der Waals surface area contributed by atoms with Crippen LogP contribution in [0.2, 0.25) is 0 Å². The zero-order valence-corrected chi connectivity index (χ0v) is 17.0. The minimum atomic E-state index is -4.53. The fourth-order valence-corrected chi connectivity index (χ4v) is 6.53. The van der Waals surface area contributed by atoms with E-state index in [0.717, 1.165) is 31.5 Å². The van der Waals surface area contributed by atoms with Crippen LogP contribution >= 0.6 is 0 Å². The Kier molecular flexibility index (Phi) is 4.67. The number of nitrogens with two attached hydrogens (primary N) is 1. The molecule has 2 heterocycles. The summed E-state index contributed by atoms with van der Waals surface area (Å²) in [5.74, 6) is 0.268. The molecule has 0 spiro atoms. The number of aromatic nitrogens is 2. The zero-order valence-electron chi connectivity index (χ0n) is 17.0. The van der Waals surface area contributed by atoms with Gasteiger partial charge in [0.05, 0.1) is 5.41 Å². The average molecular weight is 438 g/mol. The Morgan fingerprint density at radius 3 is 2.55 bits per heavy atom. The number of nitrogens with zero attached hydrogens (tertiary/aromatic N) is 3. The third kappa shape index (κ3) is 3.53. The van der Waals surface area contributed by atoms with Gasteiger partial charge >= 0.3 is 12.3 Å². The fraction of sp³-hybridized carbons (Fsp3) is 0.714. The molecule has 31 heavy (non-hydrogen) atoms. The first-order chi connectivity index (χ1) is 14.6. The lowest BCUT2D eigenvalue weighted by atomic mass is 9.48. The Morgan fingerprint density at radius 1 is 1.19 bits per heavy atom. The number of hydrogen-bond acceptors (Lipinski definition) is 5. The molecule has 1 aromatic heterocycles. The molecule has 1 aliphatic heterocycles. The zero-order chi connectivity index (χ0) is 22.0. The molecule has 0 aromatic carbocycles. The highest BCUT2D eigenvalue weighted by Gasteiger charge is 2.59. The number of amides is 2. The molecule has 0 radical (unpaired) electrons. The van der Waals surface area contributed by atoms with Crippen molar-refractivity contribution in [2.24, 2.45) is 28.9 Å². The van der Waals surface area contributed by atoms with Crippen LogP contribution in [-0.4, -0.2) is 46.1 Å². The minimum Gasteiger partial charge on any atom is -0.446 e. The maximum Gasteiger partial charge on any atom is 0.433 e. The summed E-state index contributed by atoms with van der Waals surface area (Å²) < 4.78 is 44.7. The number of halogens is 3. The predicted molar refractivity (Wildman–Crippen MR) is 101 cm³/mol. The van der Waals surface area contributed by atoms with Gasteiger partial charge in [-0.2, -0.15) is 13.2 Å². The van der Waals surface area contributed by atoms with Gasteiger partial charge in [0.25, 0.3) is 0 Å². The topological polar surface area (TPSA) is 98.4 Å². The molecule has 1 aromatic rings. The molecule has 4 aliphatic carbocycles. The summed E-state index contributed by atoms with van der Waals surface area (Å²) in [7, 11) is 0. The standard InChI is InChI=1S/C21H25F3N4O3/c22-21(23,24)15-1-3-26-17(27-15)12-2-4-28(10-12)19(30)31-16-13-5-11-6-14(16)9-20(7-11,8-13)18(25)29/h1,3,11-14,16H,2,4-10H2,(H2,25,29)/t11?,12?,13-,14?,16?,20?/m0/s1. The Balaban J connectivity index is 1.23. The Hall–Kier alpha value is -2.39. The molecule has 4 saturated carbocycles. The molecule has 7 nitrogen and oxygen atoms in total. The molecule has 1 saturated heterocycles. The van der Waals surface area contributed by atoms with Gasteiger partial charge in [0, 0.05) is 25.2 Å². The Morgan fingerprint density at radius 2 is 1.90 bits per heavy atom. The van der Waals surface area contributed by atoms with Crippen molar-refractivity contribution < 1.29 is 27.5 Å². The highest BCUT2D eigenvalue weighted by molar-refractivity contribution is 5.81. The van der Waals surface area contributed by atoms with Crippen LogP contribution in [0.5, 0.6) is 0 Å². The maximum absolute atomic E-state index is 12.9. The van der Waals surface area contributed by atoms with Gasteiger partial charge in [-0.3, -0.25) is 4.79 Å². The molecule has 4 bridgehead atoms. The van der Waals surface area contributed by atoms with Gasteiger partial charge in [0.15, 0.2) is 0 Å². The molecule has 6 atom stereocenters. The van der Waals surface area contributed by atoms with E-state index in [1.807, 2.05) is 0 Å². The Bertz CT molecular complexity index is 892. The van der Waals surface area contributed by atoms with Crippen molar-refractivity contribution in [2.75, 3.05) is 13.1 Å². The molecule has 10 heteroatoms. The van der Waals surface area contributed by atoms with Gasteiger partial charge in [-0.05, 0) is 62.3 Å². The van der Waals surface area contributed by atoms with Gasteiger partial charge in [-0.25, -0.2) is 14.8 Å². The van der Waals surface area contributed by atoms with Crippen LogP contribution in [0.3, 0.4) is 0 Å². The second-order valence-corrected chi connectivity index (χ2v) is 9.69. The van der Waals surface area contributed by atoms with E-state index in [-0.39, 0.29) is 42.1 Å². The quantitative estimate of drug-likeness (QED) is 0.782. The van der Waals surface area contributed by atoms with E-state index >= 15 is 0 Å². The molecular weight excluding hydrogens is 413 g/mol. The van der Waals surface area contributed by atoms with Gasteiger partial charge in [0.2, 0.25) is 5.91 Å². The van der Waals surface area contributed by atoms with Crippen LogP contribution in [0.1, 0.15) is 56.0 Å². The maximum atomic E-state index is 12.9. The number of hydrogen-bond donors (Lipinski definition) is 1. The Labute approximate surface area is 177 Å². The van der Waals surface area contributed by atoms with E-state index < -0.39 is 23.4 Å². The average Bonchev–Trinajstić information content (AvgIpc) is 3.20. The number of likely N-dealkylation sites (tertiary alicyclic amines) is 1. The van der Waals surface area contributed by atoms with E-state index in [4.69, 9.17) is 10.5 Å². The number of rotatable bonds is 3. The fourth-order valence-electron chi connectivity index (χ4n) is 6.53. The molecule has 5 aliphatic rings. The second kappa shape index (κ2) is 7.06. The third-order valence-electron chi connectivity index (χ3n) is 7.72. The van der Waals surface area contributed by atoms with E-state index in [1.165, 1.54) is 4.90 Å². The minimum absolute atomic E-state index is 0.100. The first-order valence-corrected chi connectivity index (χ1v) is 10.8. The molecular formula is C21H25F3N4O3. The van der Waals surface area contributed by atoms with Crippen LogP contribution in [0.25, 0.3) is 0 Å². The monoisotopic (exact) mass is 438 g/mol.